The highest BCUT2D eigenvalue weighted by molar-refractivity contribution is 6.45. The van der Waals surface area contributed by atoms with E-state index in [1.165, 1.54) is 17.0 Å². The zero-order valence-corrected chi connectivity index (χ0v) is 29.7. The highest BCUT2D eigenvalue weighted by Crippen LogP contribution is 2.25. The van der Waals surface area contributed by atoms with Gasteiger partial charge in [0.1, 0.15) is 12.1 Å². The van der Waals surface area contributed by atoms with Gasteiger partial charge in [-0.2, -0.15) is 0 Å². The lowest BCUT2D eigenvalue weighted by molar-refractivity contribution is -0.146. The molecule has 0 aromatic heterocycles. The van der Waals surface area contributed by atoms with Gasteiger partial charge in [-0.1, -0.05) is 65.0 Å². The molecule has 11 heteroatoms. The van der Waals surface area contributed by atoms with E-state index in [1.54, 1.807) is 39.0 Å². The predicted octanol–water partition coefficient (Wildman–Crippen LogP) is 4.02. The van der Waals surface area contributed by atoms with Crippen molar-refractivity contribution in [3.8, 4) is 0 Å². The maximum Gasteiger partial charge on any atom is 0.249 e. The lowest BCUT2D eigenvalue weighted by Gasteiger charge is -2.38. The molecule has 1 aromatic rings. The number of rotatable bonds is 15. The summed E-state index contributed by atoms with van der Waals surface area (Å²) in [4.78, 5) is 86.8. The lowest BCUT2D eigenvalue weighted by atomic mass is 9.84. The van der Waals surface area contributed by atoms with Crippen LogP contribution in [0.25, 0.3) is 0 Å². The Morgan fingerprint density at radius 3 is 2.11 bits per heavy atom. The first-order chi connectivity index (χ1) is 21.9. The summed E-state index contributed by atoms with van der Waals surface area (Å²) in [5.41, 5.74) is 1.14. The van der Waals surface area contributed by atoms with Gasteiger partial charge in [-0.05, 0) is 65.2 Å². The van der Waals surface area contributed by atoms with E-state index in [2.05, 4.69) is 20.9 Å². The minimum Gasteiger partial charge on any atom is -0.356 e. The molecule has 1 aromatic carbocycles. The van der Waals surface area contributed by atoms with E-state index in [9.17, 15) is 28.8 Å². The zero-order chi connectivity index (χ0) is 35.6. The van der Waals surface area contributed by atoms with Gasteiger partial charge >= 0.3 is 0 Å². The molecule has 0 saturated carbocycles. The standard InChI is InChI=1S/C36H53N5O6/c1-11-41(35(47)31(36(8,9)10)40-32(44)23(6)24(7)38-22(4)5)28(19-21(2)3)34(46)39-27(20-26-17-18-37-33(26)45)30(43)29(42)25-15-13-12-14-16-25/h12-16,21,26-28,31H,11,17-20H2,1-10H3,(H,37,45)(H,39,46)(H,40,44)/b24-23+/t26?,27?,28?,31-/m1/s1. The van der Waals surface area contributed by atoms with Gasteiger partial charge in [0.15, 0.2) is 0 Å². The van der Waals surface area contributed by atoms with Crippen LogP contribution in [0.2, 0.25) is 0 Å². The van der Waals surface area contributed by atoms with Crippen molar-refractivity contribution in [3.63, 3.8) is 0 Å². The van der Waals surface area contributed by atoms with Gasteiger partial charge in [-0.25, -0.2) is 0 Å². The molecule has 4 amide bonds. The molecule has 1 saturated heterocycles. The fourth-order valence-corrected chi connectivity index (χ4v) is 5.53. The first-order valence-electron chi connectivity index (χ1n) is 16.4. The monoisotopic (exact) mass is 651 g/mol. The van der Waals surface area contributed by atoms with Crippen LogP contribution in [0.3, 0.4) is 0 Å². The van der Waals surface area contributed by atoms with E-state index in [0.717, 1.165) is 5.71 Å². The molecule has 2 rings (SSSR count). The number of nitrogens with zero attached hydrogens (tertiary/aromatic N) is 2. The molecule has 1 fully saturated rings. The second kappa shape index (κ2) is 17.1. The molecular weight excluding hydrogens is 598 g/mol. The van der Waals surface area contributed by atoms with Crippen molar-refractivity contribution in [3.05, 3.63) is 47.2 Å². The van der Waals surface area contributed by atoms with Gasteiger partial charge < -0.3 is 20.9 Å². The first-order valence-corrected chi connectivity index (χ1v) is 16.4. The molecule has 3 N–H and O–H groups in total. The fourth-order valence-electron chi connectivity index (χ4n) is 5.53. The summed E-state index contributed by atoms with van der Waals surface area (Å²) in [6, 6.07) is 4.77. The molecule has 4 atom stereocenters. The summed E-state index contributed by atoms with van der Waals surface area (Å²) in [5, 5.41) is 8.39. The van der Waals surface area contributed by atoms with Crippen LogP contribution in [0, 0.1) is 17.3 Å². The second-order valence-electron chi connectivity index (χ2n) is 13.9. The number of likely N-dealkylation sites (N-methyl/N-ethyl adjacent to an activating group) is 1. The second-order valence-corrected chi connectivity index (χ2v) is 13.9. The number of allylic oxidation sites excluding steroid dienone is 1. The molecule has 0 spiro atoms. The molecule has 0 bridgehead atoms. The highest BCUT2D eigenvalue weighted by atomic mass is 16.2. The molecule has 0 aliphatic carbocycles. The van der Waals surface area contributed by atoms with Gasteiger partial charge in [0.25, 0.3) is 0 Å². The van der Waals surface area contributed by atoms with Gasteiger partial charge in [0, 0.05) is 41.6 Å². The van der Waals surface area contributed by atoms with Crippen molar-refractivity contribution in [1.29, 1.82) is 0 Å². The Morgan fingerprint density at radius 2 is 1.62 bits per heavy atom. The highest BCUT2D eigenvalue weighted by Gasteiger charge is 2.41. The van der Waals surface area contributed by atoms with Crippen molar-refractivity contribution in [2.45, 2.75) is 107 Å². The van der Waals surface area contributed by atoms with E-state index >= 15 is 0 Å². The van der Waals surface area contributed by atoms with E-state index in [1.807, 2.05) is 48.5 Å². The van der Waals surface area contributed by atoms with Crippen LogP contribution in [0.5, 0.6) is 0 Å². The largest absolute Gasteiger partial charge is 0.356 e. The number of benzene rings is 1. The van der Waals surface area contributed by atoms with Crippen molar-refractivity contribution < 1.29 is 28.8 Å². The number of aliphatic imine (C=N–C) groups is 1. The first kappa shape index (κ1) is 39.0. The summed E-state index contributed by atoms with van der Waals surface area (Å²) >= 11 is 0. The van der Waals surface area contributed by atoms with Crippen LogP contribution < -0.4 is 16.0 Å². The maximum atomic E-state index is 14.3. The number of hydrogen-bond donors (Lipinski definition) is 3. The average molecular weight is 652 g/mol. The van der Waals surface area contributed by atoms with Crippen LogP contribution in [0.1, 0.15) is 98.9 Å². The summed E-state index contributed by atoms with van der Waals surface area (Å²) in [5.74, 6) is -3.92. The number of carbonyl (C=O) groups is 6. The Kier molecular flexibility index (Phi) is 14.2. The Balaban J connectivity index is 2.47. The molecule has 47 heavy (non-hydrogen) atoms. The van der Waals surface area contributed by atoms with E-state index < -0.39 is 58.7 Å². The summed E-state index contributed by atoms with van der Waals surface area (Å²) in [7, 11) is 0. The number of ketones is 2. The summed E-state index contributed by atoms with van der Waals surface area (Å²) in [6.45, 7) is 18.7. The molecular formula is C36H53N5O6. The number of Topliss-reactive ketones (excluding diaryl/α,β-unsaturated/α-hetero) is 2. The summed E-state index contributed by atoms with van der Waals surface area (Å²) in [6.07, 6.45) is 0.682. The molecule has 1 aliphatic rings. The van der Waals surface area contributed by atoms with E-state index in [4.69, 9.17) is 0 Å². The fraction of sp³-hybridized carbons (Fsp3) is 0.583. The maximum absolute atomic E-state index is 14.3. The van der Waals surface area contributed by atoms with Crippen molar-refractivity contribution in [2.24, 2.45) is 22.2 Å². The molecule has 258 valence electrons. The summed E-state index contributed by atoms with van der Waals surface area (Å²) < 4.78 is 0. The van der Waals surface area contributed by atoms with Gasteiger partial charge in [-0.3, -0.25) is 33.8 Å². The topological polar surface area (TPSA) is 154 Å². The Labute approximate surface area is 279 Å². The van der Waals surface area contributed by atoms with Crippen LogP contribution in [0.4, 0.5) is 0 Å². The molecule has 0 radical (unpaired) electrons. The molecule has 1 aliphatic heterocycles. The third-order valence-corrected chi connectivity index (χ3v) is 8.24. The zero-order valence-electron chi connectivity index (χ0n) is 29.7. The van der Waals surface area contributed by atoms with Crippen LogP contribution in [-0.4, -0.2) is 77.0 Å². The smallest absolute Gasteiger partial charge is 0.249 e. The number of hydrogen-bond acceptors (Lipinski definition) is 7. The third kappa shape index (κ3) is 11.0. The normalized spacial score (nSPS) is 17.1. The van der Waals surface area contributed by atoms with Crippen molar-refractivity contribution >= 4 is 40.9 Å². The SMILES string of the molecule is CCN(C(=O)[C@@H](NC(=O)/C(C)=C(\C)N=C(C)C)C(C)(C)C)C(CC(C)C)C(=O)NC(CC1CCNC1=O)C(=O)C(=O)c1ccccc1. The van der Waals surface area contributed by atoms with Crippen LogP contribution >= 0.6 is 0 Å². The molecule has 3 unspecified atom stereocenters. The minimum absolute atomic E-state index is 0.0287. The molecule has 1 heterocycles. The van der Waals surface area contributed by atoms with Crippen LogP contribution in [0.15, 0.2) is 46.6 Å². The Morgan fingerprint density at radius 1 is 1.00 bits per heavy atom. The van der Waals surface area contributed by atoms with Crippen molar-refractivity contribution in [2.75, 3.05) is 13.1 Å². The molecule has 11 nitrogen and oxygen atoms in total. The quantitative estimate of drug-likeness (QED) is 0.113. The minimum atomic E-state index is -1.27. The Bertz CT molecular complexity index is 1390. The van der Waals surface area contributed by atoms with Gasteiger partial charge in [0.2, 0.25) is 35.2 Å². The van der Waals surface area contributed by atoms with E-state index in [0.29, 0.717) is 24.2 Å². The lowest BCUT2D eigenvalue weighted by Crippen LogP contribution is -2.60. The predicted molar refractivity (Wildman–Crippen MR) is 183 cm³/mol. The van der Waals surface area contributed by atoms with Gasteiger partial charge in [-0.15, -0.1) is 0 Å². The third-order valence-electron chi connectivity index (χ3n) is 8.24. The number of amides is 4. The number of nitrogens with one attached hydrogen (secondary N) is 3. The Hall–Kier alpha value is -4.15. The van der Waals surface area contributed by atoms with E-state index in [-0.39, 0.29) is 36.8 Å². The van der Waals surface area contributed by atoms with Gasteiger partial charge in [0.05, 0.1) is 6.04 Å². The van der Waals surface area contributed by atoms with Crippen molar-refractivity contribution in [1.82, 2.24) is 20.9 Å². The number of carbonyl (C=O) groups excluding carboxylic acids is 6. The average Bonchev–Trinajstić information content (AvgIpc) is 3.40. The van der Waals surface area contributed by atoms with Crippen LogP contribution in [-0.2, 0) is 24.0 Å².